The Morgan fingerprint density at radius 1 is 1.00 bits per heavy atom. The first kappa shape index (κ1) is 19.7. The van der Waals surface area contributed by atoms with Gasteiger partial charge in [0.1, 0.15) is 0 Å². The van der Waals surface area contributed by atoms with Gasteiger partial charge in [-0.3, -0.25) is 9.79 Å². The molecule has 4 rings (SSSR count). The molecule has 7 nitrogen and oxygen atoms in total. The molecule has 2 heterocycles. The number of rotatable bonds is 6. The minimum Gasteiger partial charge on any atom is -0.352 e. The number of guanidine groups is 1. The van der Waals surface area contributed by atoms with Crippen molar-refractivity contribution in [2.75, 3.05) is 18.5 Å². The number of carbonyl (C=O) groups is 1. The van der Waals surface area contributed by atoms with E-state index >= 15 is 0 Å². The van der Waals surface area contributed by atoms with Crippen LogP contribution in [0.25, 0.3) is 5.69 Å². The third-order valence-electron chi connectivity index (χ3n) is 5.17. The van der Waals surface area contributed by atoms with Crippen LogP contribution in [-0.4, -0.2) is 35.2 Å². The number of aromatic nitrogens is 2. The zero-order valence-corrected chi connectivity index (χ0v) is 17.1. The molecule has 3 aromatic rings. The van der Waals surface area contributed by atoms with Crippen molar-refractivity contribution in [1.82, 2.24) is 20.4 Å². The molecule has 1 aliphatic heterocycles. The van der Waals surface area contributed by atoms with Crippen LogP contribution in [0, 0.1) is 0 Å². The molecular weight excluding hydrogens is 376 g/mol. The molecule has 1 fully saturated rings. The largest absolute Gasteiger partial charge is 0.352 e. The Morgan fingerprint density at radius 3 is 2.13 bits per heavy atom. The fourth-order valence-corrected chi connectivity index (χ4v) is 3.50. The van der Waals surface area contributed by atoms with Crippen molar-refractivity contribution in [2.45, 2.75) is 25.9 Å². The topological polar surface area (TPSA) is 74.6 Å². The average Bonchev–Trinajstić information content (AvgIpc) is 3.47. The van der Waals surface area contributed by atoms with Gasteiger partial charge in [0.25, 0.3) is 0 Å². The summed E-state index contributed by atoms with van der Waals surface area (Å²) in [7, 11) is 1.76. The molecule has 0 radical (unpaired) electrons. The number of amides is 1. The summed E-state index contributed by atoms with van der Waals surface area (Å²) in [6.07, 6.45) is 5.28. The van der Waals surface area contributed by atoms with Gasteiger partial charge < -0.3 is 15.5 Å². The summed E-state index contributed by atoms with van der Waals surface area (Å²) < 4.78 is 1.84. The van der Waals surface area contributed by atoms with E-state index in [0.717, 1.165) is 41.4 Å². The van der Waals surface area contributed by atoms with Crippen LogP contribution in [0.15, 0.2) is 72.0 Å². The SMILES string of the molecule is CN=C(NCc1ccc(N2CCCC2=O)cc1)NCc1ccc(-n2cccn2)cc1. The summed E-state index contributed by atoms with van der Waals surface area (Å²) in [5.41, 5.74) is 4.30. The Hall–Kier alpha value is -3.61. The molecule has 0 spiro atoms. The van der Waals surface area contributed by atoms with Crippen molar-refractivity contribution in [3.63, 3.8) is 0 Å². The number of nitrogens with one attached hydrogen (secondary N) is 2. The van der Waals surface area contributed by atoms with Crippen LogP contribution in [0.2, 0.25) is 0 Å². The molecule has 2 aromatic carbocycles. The van der Waals surface area contributed by atoms with Crippen molar-refractivity contribution in [1.29, 1.82) is 0 Å². The molecule has 1 saturated heterocycles. The number of hydrogen-bond donors (Lipinski definition) is 2. The first-order chi connectivity index (χ1) is 14.7. The highest BCUT2D eigenvalue weighted by atomic mass is 16.2. The first-order valence-electron chi connectivity index (χ1n) is 10.2. The maximum Gasteiger partial charge on any atom is 0.227 e. The van der Waals surface area contributed by atoms with Gasteiger partial charge in [-0.15, -0.1) is 0 Å². The van der Waals surface area contributed by atoms with Crippen LogP contribution in [0.3, 0.4) is 0 Å². The summed E-state index contributed by atoms with van der Waals surface area (Å²) in [6.45, 7) is 2.15. The van der Waals surface area contributed by atoms with Crippen molar-refractivity contribution >= 4 is 17.6 Å². The van der Waals surface area contributed by atoms with Crippen molar-refractivity contribution in [2.24, 2.45) is 4.99 Å². The summed E-state index contributed by atoms with van der Waals surface area (Å²) in [6, 6.07) is 18.3. The molecule has 1 amide bonds. The zero-order valence-electron chi connectivity index (χ0n) is 17.1. The highest BCUT2D eigenvalue weighted by molar-refractivity contribution is 5.95. The molecular formula is C23H26N6O. The van der Waals surface area contributed by atoms with Crippen molar-refractivity contribution in [3.05, 3.63) is 78.1 Å². The minimum absolute atomic E-state index is 0.211. The molecule has 2 N–H and O–H groups in total. The lowest BCUT2D eigenvalue weighted by Gasteiger charge is -2.16. The Morgan fingerprint density at radius 2 is 1.63 bits per heavy atom. The van der Waals surface area contributed by atoms with Crippen molar-refractivity contribution in [3.8, 4) is 5.69 Å². The number of carbonyl (C=O) groups excluding carboxylic acids is 1. The van der Waals surface area contributed by atoms with Gasteiger partial charge in [0, 0.05) is 51.2 Å². The molecule has 0 unspecified atom stereocenters. The molecule has 154 valence electrons. The van der Waals surface area contributed by atoms with Gasteiger partial charge in [0.2, 0.25) is 5.91 Å². The summed E-state index contributed by atoms with van der Waals surface area (Å²) >= 11 is 0. The maximum atomic E-state index is 11.9. The van der Waals surface area contributed by atoms with Gasteiger partial charge in [-0.25, -0.2) is 4.68 Å². The lowest BCUT2D eigenvalue weighted by Crippen LogP contribution is -2.36. The molecule has 0 saturated carbocycles. The average molecular weight is 403 g/mol. The molecule has 7 heteroatoms. The van der Waals surface area contributed by atoms with Crippen LogP contribution >= 0.6 is 0 Å². The van der Waals surface area contributed by atoms with E-state index in [4.69, 9.17) is 0 Å². The fraction of sp³-hybridized carbons (Fsp3) is 0.261. The van der Waals surface area contributed by atoms with E-state index < -0.39 is 0 Å². The van der Waals surface area contributed by atoms with E-state index in [1.165, 1.54) is 0 Å². The third kappa shape index (κ3) is 4.68. The normalized spacial score (nSPS) is 14.2. The lowest BCUT2D eigenvalue weighted by molar-refractivity contribution is -0.117. The van der Waals surface area contributed by atoms with E-state index in [-0.39, 0.29) is 5.91 Å². The van der Waals surface area contributed by atoms with E-state index in [1.54, 1.807) is 13.2 Å². The third-order valence-corrected chi connectivity index (χ3v) is 5.17. The van der Waals surface area contributed by atoms with Gasteiger partial charge in [-0.05, 0) is 47.9 Å². The fourth-order valence-electron chi connectivity index (χ4n) is 3.50. The lowest BCUT2D eigenvalue weighted by atomic mass is 10.2. The Balaban J connectivity index is 1.27. The van der Waals surface area contributed by atoms with Crippen molar-refractivity contribution < 1.29 is 4.79 Å². The standard InChI is InChI=1S/C23H26N6O/c1-24-23(26-17-19-7-11-21(12-8-19)29-15-3-13-27-29)25-16-18-5-9-20(10-6-18)28-14-2-4-22(28)30/h3,5-13,15H,2,4,14,16-17H2,1H3,(H2,24,25,26). The Bertz CT molecular complexity index is 993. The van der Waals surface area contributed by atoms with Gasteiger partial charge in [0.15, 0.2) is 5.96 Å². The van der Waals surface area contributed by atoms with Crippen LogP contribution < -0.4 is 15.5 Å². The maximum absolute atomic E-state index is 11.9. The second kappa shape index (κ2) is 9.26. The second-order valence-corrected chi connectivity index (χ2v) is 7.21. The van der Waals surface area contributed by atoms with Crippen LogP contribution in [0.5, 0.6) is 0 Å². The Kier molecular flexibility index (Phi) is 6.08. The van der Waals surface area contributed by atoms with Crippen LogP contribution in [-0.2, 0) is 17.9 Å². The van der Waals surface area contributed by atoms with Gasteiger partial charge >= 0.3 is 0 Å². The van der Waals surface area contributed by atoms with Gasteiger partial charge in [-0.1, -0.05) is 24.3 Å². The zero-order chi connectivity index (χ0) is 20.8. The summed E-state index contributed by atoms with van der Waals surface area (Å²) in [4.78, 5) is 18.0. The first-order valence-corrected chi connectivity index (χ1v) is 10.2. The van der Waals surface area contributed by atoms with E-state index in [1.807, 2.05) is 46.1 Å². The van der Waals surface area contributed by atoms with E-state index in [0.29, 0.717) is 19.5 Å². The molecule has 1 aliphatic rings. The smallest absolute Gasteiger partial charge is 0.227 e. The predicted molar refractivity (Wildman–Crippen MR) is 119 cm³/mol. The number of hydrogen-bond acceptors (Lipinski definition) is 3. The van der Waals surface area contributed by atoms with E-state index in [2.05, 4.69) is 45.0 Å². The summed E-state index contributed by atoms with van der Waals surface area (Å²) in [5, 5.41) is 10.9. The quantitative estimate of drug-likeness (QED) is 0.491. The molecule has 30 heavy (non-hydrogen) atoms. The Labute approximate surface area is 176 Å². The predicted octanol–water partition coefficient (Wildman–Crippen LogP) is 2.86. The number of benzene rings is 2. The molecule has 1 aromatic heterocycles. The minimum atomic E-state index is 0.211. The molecule has 0 bridgehead atoms. The highest BCUT2D eigenvalue weighted by Gasteiger charge is 2.21. The number of anilines is 1. The van der Waals surface area contributed by atoms with Crippen LogP contribution in [0.1, 0.15) is 24.0 Å². The second-order valence-electron chi connectivity index (χ2n) is 7.21. The molecule has 0 aliphatic carbocycles. The molecule has 0 atom stereocenters. The number of nitrogens with zero attached hydrogens (tertiary/aromatic N) is 4. The summed E-state index contributed by atoms with van der Waals surface area (Å²) in [5.74, 6) is 0.952. The monoisotopic (exact) mass is 402 g/mol. The number of aliphatic imine (C=N–C) groups is 1. The van der Waals surface area contributed by atoms with Gasteiger partial charge in [-0.2, -0.15) is 5.10 Å². The highest BCUT2D eigenvalue weighted by Crippen LogP contribution is 2.21. The van der Waals surface area contributed by atoms with E-state index in [9.17, 15) is 4.79 Å². The van der Waals surface area contributed by atoms with Gasteiger partial charge in [0.05, 0.1) is 5.69 Å². The van der Waals surface area contributed by atoms with Crippen LogP contribution in [0.4, 0.5) is 5.69 Å².